The number of nitrogens with one attached hydrogen (secondary N) is 1. The highest BCUT2D eigenvalue weighted by atomic mass is 35.5. The van der Waals surface area contributed by atoms with E-state index in [0.717, 1.165) is 34.1 Å². The van der Waals surface area contributed by atoms with Crippen molar-refractivity contribution in [2.24, 2.45) is 0 Å². The van der Waals surface area contributed by atoms with Gasteiger partial charge in [-0.1, -0.05) is 22.9 Å². The summed E-state index contributed by atoms with van der Waals surface area (Å²) in [6.07, 6.45) is 4.78. The van der Waals surface area contributed by atoms with E-state index in [1.807, 2.05) is 6.07 Å². The van der Waals surface area contributed by atoms with Crippen molar-refractivity contribution in [2.75, 3.05) is 18.5 Å². The SMILES string of the molecule is O=C1CCC(c2nnc(-c3cnc(Cl)cc3NC3COC3)s2)CC1. The van der Waals surface area contributed by atoms with E-state index in [0.29, 0.717) is 49.0 Å². The first-order chi connectivity index (χ1) is 11.7. The number of aromatic nitrogens is 3. The van der Waals surface area contributed by atoms with Gasteiger partial charge in [-0.15, -0.1) is 10.2 Å². The number of ketones is 1. The second kappa shape index (κ2) is 6.74. The predicted molar refractivity (Wildman–Crippen MR) is 92.6 cm³/mol. The van der Waals surface area contributed by atoms with Crippen molar-refractivity contribution in [3.8, 4) is 10.6 Å². The summed E-state index contributed by atoms with van der Waals surface area (Å²) in [6.45, 7) is 1.38. The number of carbonyl (C=O) groups is 1. The first-order valence-corrected chi connectivity index (χ1v) is 9.24. The van der Waals surface area contributed by atoms with E-state index in [9.17, 15) is 4.79 Å². The third-order valence-corrected chi connectivity index (χ3v) is 5.76. The number of pyridine rings is 1. The molecule has 0 aromatic carbocycles. The zero-order chi connectivity index (χ0) is 16.5. The maximum atomic E-state index is 11.4. The third-order valence-electron chi connectivity index (χ3n) is 4.43. The lowest BCUT2D eigenvalue weighted by atomic mass is 9.89. The van der Waals surface area contributed by atoms with Gasteiger partial charge in [-0.05, 0) is 18.9 Å². The van der Waals surface area contributed by atoms with Crippen molar-refractivity contribution in [2.45, 2.75) is 37.6 Å². The molecule has 6 nitrogen and oxygen atoms in total. The van der Waals surface area contributed by atoms with Gasteiger partial charge in [0.25, 0.3) is 0 Å². The highest BCUT2D eigenvalue weighted by Gasteiger charge is 2.25. The minimum absolute atomic E-state index is 0.291. The molecule has 0 amide bonds. The molecule has 126 valence electrons. The summed E-state index contributed by atoms with van der Waals surface area (Å²) in [5.74, 6) is 0.692. The van der Waals surface area contributed by atoms with E-state index in [4.69, 9.17) is 16.3 Å². The van der Waals surface area contributed by atoms with Gasteiger partial charge >= 0.3 is 0 Å². The summed E-state index contributed by atoms with van der Waals surface area (Å²) in [6, 6.07) is 2.11. The normalized spacial score (nSPS) is 19.3. The number of rotatable bonds is 4. The Morgan fingerprint density at radius 2 is 2.04 bits per heavy atom. The minimum Gasteiger partial charge on any atom is -0.377 e. The summed E-state index contributed by atoms with van der Waals surface area (Å²) in [7, 11) is 0. The molecule has 2 aromatic heterocycles. The van der Waals surface area contributed by atoms with Crippen LogP contribution in [0.5, 0.6) is 0 Å². The Balaban J connectivity index is 1.58. The lowest BCUT2D eigenvalue weighted by Crippen LogP contribution is -2.40. The van der Waals surface area contributed by atoms with Crippen LogP contribution in [0.25, 0.3) is 10.6 Å². The summed E-state index contributed by atoms with van der Waals surface area (Å²) in [5, 5.41) is 14.4. The molecule has 1 N–H and O–H groups in total. The van der Waals surface area contributed by atoms with Crippen LogP contribution >= 0.6 is 22.9 Å². The number of ether oxygens (including phenoxy) is 1. The highest BCUT2D eigenvalue weighted by molar-refractivity contribution is 7.14. The lowest BCUT2D eigenvalue weighted by molar-refractivity contribution is -0.120. The van der Waals surface area contributed by atoms with Crippen molar-refractivity contribution < 1.29 is 9.53 Å². The van der Waals surface area contributed by atoms with Crippen molar-refractivity contribution in [1.82, 2.24) is 15.2 Å². The standard InChI is InChI=1S/C16H17ClN4O2S/c17-14-5-13(19-10-7-23-8-10)12(6-18-14)16-21-20-15(24-16)9-1-3-11(22)4-2-9/h5-6,9-10H,1-4,7-8H2,(H,18,19). The fourth-order valence-electron chi connectivity index (χ4n) is 2.95. The Morgan fingerprint density at radius 1 is 1.25 bits per heavy atom. The van der Waals surface area contributed by atoms with Gasteiger partial charge in [0, 0.05) is 30.6 Å². The van der Waals surface area contributed by atoms with Gasteiger partial charge in [-0.2, -0.15) is 0 Å². The molecule has 8 heteroatoms. The molecule has 1 aliphatic heterocycles. The quantitative estimate of drug-likeness (QED) is 0.839. The largest absolute Gasteiger partial charge is 0.377 e. The number of hydrogen-bond acceptors (Lipinski definition) is 7. The topological polar surface area (TPSA) is 77.0 Å². The van der Waals surface area contributed by atoms with Crippen LogP contribution in [0.2, 0.25) is 5.15 Å². The minimum atomic E-state index is 0.291. The van der Waals surface area contributed by atoms with Crippen LogP contribution in [-0.2, 0) is 9.53 Å². The molecule has 0 atom stereocenters. The van der Waals surface area contributed by atoms with Gasteiger partial charge in [0.2, 0.25) is 0 Å². The Hall–Kier alpha value is -1.57. The first-order valence-electron chi connectivity index (χ1n) is 8.04. The fourth-order valence-corrected chi connectivity index (χ4v) is 4.15. The second-order valence-corrected chi connectivity index (χ2v) is 7.59. The van der Waals surface area contributed by atoms with Crippen LogP contribution in [-0.4, -0.2) is 40.2 Å². The van der Waals surface area contributed by atoms with Gasteiger partial charge in [-0.3, -0.25) is 4.79 Å². The molecule has 3 heterocycles. The maximum Gasteiger partial charge on any atom is 0.151 e. The molecule has 2 aliphatic rings. The number of Topliss-reactive ketones (excluding diaryl/α,β-unsaturated/α-hetero) is 1. The van der Waals surface area contributed by atoms with Crippen molar-refractivity contribution in [1.29, 1.82) is 0 Å². The van der Waals surface area contributed by atoms with Crippen LogP contribution < -0.4 is 5.32 Å². The molecule has 1 saturated carbocycles. The number of halogens is 1. The first kappa shape index (κ1) is 15.9. The number of anilines is 1. The van der Waals surface area contributed by atoms with E-state index in [2.05, 4.69) is 20.5 Å². The van der Waals surface area contributed by atoms with E-state index in [1.54, 1.807) is 17.5 Å². The Kier molecular flexibility index (Phi) is 4.47. The molecule has 4 rings (SSSR count). The van der Waals surface area contributed by atoms with Crippen LogP contribution in [0.15, 0.2) is 12.3 Å². The van der Waals surface area contributed by atoms with Gasteiger partial charge < -0.3 is 10.1 Å². The number of carbonyl (C=O) groups excluding carboxylic acids is 1. The highest BCUT2D eigenvalue weighted by Crippen LogP contribution is 2.37. The molecule has 24 heavy (non-hydrogen) atoms. The fraction of sp³-hybridized carbons (Fsp3) is 0.500. The van der Waals surface area contributed by atoms with Crippen LogP contribution in [0, 0.1) is 0 Å². The molecule has 2 fully saturated rings. The van der Waals surface area contributed by atoms with E-state index in [-0.39, 0.29) is 0 Å². The summed E-state index contributed by atoms with van der Waals surface area (Å²) in [5.41, 5.74) is 1.81. The third kappa shape index (κ3) is 3.29. The summed E-state index contributed by atoms with van der Waals surface area (Å²) >= 11 is 7.62. The number of hydrogen-bond donors (Lipinski definition) is 1. The van der Waals surface area contributed by atoms with Gasteiger partial charge in [-0.25, -0.2) is 4.98 Å². The second-order valence-electron chi connectivity index (χ2n) is 6.19. The molecule has 1 saturated heterocycles. The van der Waals surface area contributed by atoms with E-state index < -0.39 is 0 Å². The average Bonchev–Trinajstić information content (AvgIpc) is 3.01. The summed E-state index contributed by atoms with van der Waals surface area (Å²) < 4.78 is 5.21. The number of nitrogens with zero attached hydrogens (tertiary/aromatic N) is 3. The molecule has 0 unspecified atom stereocenters. The average molecular weight is 365 g/mol. The Bertz CT molecular complexity index is 752. The molecule has 0 spiro atoms. The van der Waals surface area contributed by atoms with Crippen LogP contribution in [0.3, 0.4) is 0 Å². The van der Waals surface area contributed by atoms with Crippen LogP contribution in [0.4, 0.5) is 5.69 Å². The lowest BCUT2D eigenvalue weighted by Gasteiger charge is -2.28. The maximum absolute atomic E-state index is 11.4. The van der Waals surface area contributed by atoms with Crippen molar-refractivity contribution >= 4 is 34.4 Å². The monoisotopic (exact) mass is 364 g/mol. The zero-order valence-corrected chi connectivity index (χ0v) is 14.6. The van der Waals surface area contributed by atoms with E-state index in [1.165, 1.54) is 0 Å². The predicted octanol–water partition coefficient (Wildman–Crippen LogP) is 3.29. The van der Waals surface area contributed by atoms with Gasteiger partial charge in [0.05, 0.1) is 24.8 Å². The van der Waals surface area contributed by atoms with Crippen LogP contribution in [0.1, 0.15) is 36.6 Å². The molecular formula is C16H17ClN4O2S. The molecule has 2 aromatic rings. The van der Waals surface area contributed by atoms with Gasteiger partial charge in [0.1, 0.15) is 15.9 Å². The smallest absolute Gasteiger partial charge is 0.151 e. The molecular weight excluding hydrogens is 348 g/mol. The molecule has 1 aliphatic carbocycles. The van der Waals surface area contributed by atoms with Crippen molar-refractivity contribution in [3.05, 3.63) is 22.4 Å². The zero-order valence-electron chi connectivity index (χ0n) is 13.0. The molecule has 0 bridgehead atoms. The molecule has 0 radical (unpaired) electrons. The van der Waals surface area contributed by atoms with Gasteiger partial charge in [0.15, 0.2) is 5.01 Å². The Labute approximate surface area is 148 Å². The summed E-state index contributed by atoms with van der Waals surface area (Å²) in [4.78, 5) is 15.6. The van der Waals surface area contributed by atoms with E-state index >= 15 is 0 Å². The Morgan fingerprint density at radius 3 is 2.75 bits per heavy atom. The van der Waals surface area contributed by atoms with Crippen molar-refractivity contribution in [3.63, 3.8) is 0 Å².